The van der Waals surface area contributed by atoms with Gasteiger partial charge in [0.25, 0.3) is 11.8 Å². The quantitative estimate of drug-likeness (QED) is 0.508. The Morgan fingerprint density at radius 2 is 1.48 bits per heavy atom. The van der Waals surface area contributed by atoms with Crippen LogP contribution in [0.1, 0.15) is 5.56 Å². The van der Waals surface area contributed by atoms with Crippen molar-refractivity contribution in [3.05, 3.63) is 83.0 Å². The average molecular weight is 465 g/mol. The molecule has 8 heteroatoms. The average Bonchev–Trinajstić information content (AvgIpc) is 3.08. The summed E-state index contributed by atoms with van der Waals surface area (Å²) in [7, 11) is 4.62. The molecule has 0 saturated carbocycles. The number of anilines is 2. The third-order valence-electron chi connectivity index (χ3n) is 5.20. The van der Waals surface area contributed by atoms with Gasteiger partial charge in [-0.05, 0) is 48.0 Å². The minimum atomic E-state index is -0.516. The van der Waals surface area contributed by atoms with E-state index in [9.17, 15) is 9.59 Å². The highest BCUT2D eigenvalue weighted by Crippen LogP contribution is 2.37. The zero-order chi connectivity index (χ0) is 23.5. The van der Waals surface area contributed by atoms with Crippen LogP contribution >= 0.6 is 11.6 Å². The van der Waals surface area contributed by atoms with E-state index >= 15 is 0 Å². The normalized spacial score (nSPS) is 13.4. The number of nitrogens with one attached hydrogen (secondary N) is 1. The van der Waals surface area contributed by atoms with Gasteiger partial charge in [-0.25, -0.2) is 4.90 Å². The third kappa shape index (κ3) is 4.23. The number of benzene rings is 3. The molecule has 0 unspecified atom stereocenters. The number of carbonyl (C=O) groups is 2. The van der Waals surface area contributed by atoms with Crippen molar-refractivity contribution >= 4 is 40.4 Å². The van der Waals surface area contributed by atoms with Crippen molar-refractivity contribution in [2.75, 3.05) is 31.5 Å². The lowest BCUT2D eigenvalue weighted by Gasteiger charge is -2.16. The number of hydrogen-bond acceptors (Lipinski definition) is 6. The second-order valence-electron chi connectivity index (χ2n) is 7.10. The smallest absolute Gasteiger partial charge is 0.282 e. The first-order valence-corrected chi connectivity index (χ1v) is 10.4. The van der Waals surface area contributed by atoms with E-state index in [1.165, 1.54) is 7.11 Å². The van der Waals surface area contributed by atoms with Gasteiger partial charge in [-0.1, -0.05) is 29.8 Å². The van der Waals surface area contributed by atoms with Crippen molar-refractivity contribution in [3.63, 3.8) is 0 Å². The van der Waals surface area contributed by atoms with Crippen LogP contribution in [0.25, 0.3) is 5.57 Å². The summed E-state index contributed by atoms with van der Waals surface area (Å²) in [5, 5.41) is 3.52. The van der Waals surface area contributed by atoms with Crippen molar-refractivity contribution < 1.29 is 23.8 Å². The summed E-state index contributed by atoms with van der Waals surface area (Å²) in [6, 6.07) is 18.6. The first kappa shape index (κ1) is 22.2. The van der Waals surface area contributed by atoms with Gasteiger partial charge in [0.1, 0.15) is 22.9 Å². The van der Waals surface area contributed by atoms with E-state index in [0.717, 1.165) is 4.90 Å². The van der Waals surface area contributed by atoms with Gasteiger partial charge < -0.3 is 19.5 Å². The first-order chi connectivity index (χ1) is 16.0. The van der Waals surface area contributed by atoms with Crippen molar-refractivity contribution in [2.24, 2.45) is 0 Å². The summed E-state index contributed by atoms with van der Waals surface area (Å²) < 4.78 is 16.0. The second-order valence-corrected chi connectivity index (χ2v) is 7.53. The van der Waals surface area contributed by atoms with Gasteiger partial charge in [0.15, 0.2) is 0 Å². The molecular weight excluding hydrogens is 444 g/mol. The Labute approximate surface area is 196 Å². The second kappa shape index (κ2) is 9.26. The third-order valence-corrected chi connectivity index (χ3v) is 5.43. The Bertz CT molecular complexity index is 1250. The number of amides is 2. The molecule has 1 aliphatic heterocycles. The van der Waals surface area contributed by atoms with Crippen LogP contribution in [0.3, 0.4) is 0 Å². The molecule has 0 aliphatic carbocycles. The Morgan fingerprint density at radius 1 is 0.788 bits per heavy atom. The number of rotatable bonds is 7. The molecule has 168 valence electrons. The van der Waals surface area contributed by atoms with E-state index in [-0.39, 0.29) is 11.3 Å². The number of carbonyl (C=O) groups excluding carboxylic acids is 2. The summed E-state index contributed by atoms with van der Waals surface area (Å²) in [5.74, 6) is 0.689. The number of methoxy groups -OCH3 is 3. The van der Waals surface area contributed by atoms with E-state index in [2.05, 4.69) is 5.32 Å². The molecule has 1 aliphatic rings. The number of halogens is 1. The molecule has 3 aromatic carbocycles. The first-order valence-electron chi connectivity index (χ1n) is 9.99. The van der Waals surface area contributed by atoms with Crippen LogP contribution in [-0.4, -0.2) is 33.1 Å². The maximum atomic E-state index is 13.5. The Hall–Kier alpha value is -3.97. The largest absolute Gasteiger partial charge is 0.497 e. The molecule has 1 N–H and O–H groups in total. The molecule has 0 saturated heterocycles. The van der Waals surface area contributed by atoms with Crippen LogP contribution in [0.4, 0.5) is 11.4 Å². The highest BCUT2D eigenvalue weighted by Gasteiger charge is 2.40. The van der Waals surface area contributed by atoms with Crippen LogP contribution < -0.4 is 24.4 Å². The fraction of sp³-hybridized carbons (Fsp3) is 0.120. The predicted octanol–water partition coefficient (Wildman–Crippen LogP) is 4.76. The lowest BCUT2D eigenvalue weighted by Crippen LogP contribution is -2.32. The number of imide groups is 1. The molecule has 1 heterocycles. The van der Waals surface area contributed by atoms with E-state index in [1.807, 2.05) is 0 Å². The molecule has 2 amide bonds. The molecule has 0 bridgehead atoms. The summed E-state index contributed by atoms with van der Waals surface area (Å²) in [6.45, 7) is 0. The van der Waals surface area contributed by atoms with Gasteiger partial charge in [-0.3, -0.25) is 9.59 Å². The molecule has 0 aromatic heterocycles. The zero-order valence-corrected chi connectivity index (χ0v) is 19.0. The minimum Gasteiger partial charge on any atom is -0.497 e. The molecule has 0 radical (unpaired) electrons. The van der Waals surface area contributed by atoms with E-state index in [0.29, 0.717) is 39.2 Å². The maximum Gasteiger partial charge on any atom is 0.282 e. The Morgan fingerprint density at radius 3 is 2.12 bits per heavy atom. The molecular formula is C25H21ClN2O5. The van der Waals surface area contributed by atoms with Crippen LogP contribution in [-0.2, 0) is 9.59 Å². The van der Waals surface area contributed by atoms with E-state index in [4.69, 9.17) is 25.8 Å². The van der Waals surface area contributed by atoms with Gasteiger partial charge in [-0.15, -0.1) is 0 Å². The van der Waals surface area contributed by atoms with Crippen LogP contribution in [0.15, 0.2) is 72.4 Å². The van der Waals surface area contributed by atoms with Gasteiger partial charge in [-0.2, -0.15) is 0 Å². The summed E-state index contributed by atoms with van der Waals surface area (Å²) in [6.07, 6.45) is 0. The Balaban J connectivity index is 1.85. The van der Waals surface area contributed by atoms with Crippen LogP contribution in [0.2, 0.25) is 5.02 Å². The molecule has 3 aromatic rings. The lowest BCUT2D eigenvalue weighted by molar-refractivity contribution is -0.120. The van der Waals surface area contributed by atoms with E-state index < -0.39 is 11.8 Å². The summed E-state index contributed by atoms with van der Waals surface area (Å²) in [4.78, 5) is 28.2. The Kier molecular flexibility index (Phi) is 6.24. The summed E-state index contributed by atoms with van der Waals surface area (Å²) >= 11 is 6.12. The standard InChI is InChI=1S/C25H21ClN2O5/c1-31-18-9-7-15(8-10-18)22-23(27-20-14-19(32-2)11-12-21(20)33-3)25(30)28(24(22)29)17-6-4-5-16(26)13-17/h4-14,27H,1-3H3. The topological polar surface area (TPSA) is 77.1 Å². The molecule has 33 heavy (non-hydrogen) atoms. The number of ether oxygens (including phenoxy) is 3. The molecule has 4 rings (SSSR count). The van der Waals surface area contributed by atoms with Crippen molar-refractivity contribution in [2.45, 2.75) is 0 Å². The molecule has 7 nitrogen and oxygen atoms in total. The van der Waals surface area contributed by atoms with Crippen LogP contribution in [0.5, 0.6) is 17.2 Å². The van der Waals surface area contributed by atoms with Gasteiger partial charge in [0, 0.05) is 11.1 Å². The zero-order valence-electron chi connectivity index (χ0n) is 18.2. The maximum absolute atomic E-state index is 13.5. The molecule has 0 fully saturated rings. The van der Waals surface area contributed by atoms with Gasteiger partial charge in [0.2, 0.25) is 0 Å². The summed E-state index contributed by atoms with van der Waals surface area (Å²) in [5.41, 5.74) is 1.73. The van der Waals surface area contributed by atoms with Crippen molar-refractivity contribution in [1.29, 1.82) is 0 Å². The fourth-order valence-corrected chi connectivity index (χ4v) is 3.75. The van der Waals surface area contributed by atoms with Gasteiger partial charge >= 0.3 is 0 Å². The fourth-order valence-electron chi connectivity index (χ4n) is 3.57. The van der Waals surface area contributed by atoms with Crippen LogP contribution in [0, 0.1) is 0 Å². The van der Waals surface area contributed by atoms with Crippen molar-refractivity contribution in [3.8, 4) is 17.2 Å². The lowest BCUT2D eigenvalue weighted by atomic mass is 10.0. The predicted molar refractivity (Wildman–Crippen MR) is 127 cm³/mol. The highest BCUT2D eigenvalue weighted by atomic mass is 35.5. The van der Waals surface area contributed by atoms with Crippen molar-refractivity contribution in [1.82, 2.24) is 0 Å². The number of nitrogens with zero attached hydrogens (tertiary/aromatic N) is 1. The molecule has 0 atom stereocenters. The minimum absolute atomic E-state index is 0.108. The monoisotopic (exact) mass is 464 g/mol. The molecule has 0 spiro atoms. The highest BCUT2D eigenvalue weighted by molar-refractivity contribution is 6.46. The van der Waals surface area contributed by atoms with E-state index in [1.54, 1.807) is 80.9 Å². The van der Waals surface area contributed by atoms with Gasteiger partial charge in [0.05, 0.1) is 38.3 Å². The number of hydrogen-bond donors (Lipinski definition) is 1. The SMILES string of the molecule is COc1ccc(C2=C(Nc3cc(OC)ccc3OC)C(=O)N(c3cccc(Cl)c3)C2=O)cc1.